The average molecular weight is 361 g/mol. The van der Waals surface area contributed by atoms with Crippen LogP contribution >= 0.6 is 11.8 Å². The Balaban J connectivity index is 1.41. The quantitative estimate of drug-likeness (QED) is 0.766. The van der Waals surface area contributed by atoms with E-state index >= 15 is 0 Å². The van der Waals surface area contributed by atoms with Crippen LogP contribution in [0.3, 0.4) is 0 Å². The van der Waals surface area contributed by atoms with Gasteiger partial charge in [-0.25, -0.2) is 4.39 Å². The highest BCUT2D eigenvalue weighted by atomic mass is 32.2. The van der Waals surface area contributed by atoms with E-state index in [1.165, 1.54) is 12.1 Å². The lowest BCUT2D eigenvalue weighted by molar-refractivity contribution is -0.126. The third kappa shape index (κ3) is 5.21. The monoisotopic (exact) mass is 361 g/mol. The van der Waals surface area contributed by atoms with Crippen molar-refractivity contribution in [3.8, 4) is 5.75 Å². The van der Waals surface area contributed by atoms with Gasteiger partial charge < -0.3 is 14.8 Å². The minimum Gasteiger partial charge on any atom is -0.491 e. The number of rotatable bonds is 7. The molecule has 25 heavy (non-hydrogen) atoms. The van der Waals surface area contributed by atoms with Crippen molar-refractivity contribution in [2.45, 2.75) is 17.4 Å². The molecular formula is C19H20FNO3S. The summed E-state index contributed by atoms with van der Waals surface area (Å²) in [6.45, 7) is 0.673. The predicted molar refractivity (Wildman–Crippen MR) is 95.4 cm³/mol. The lowest BCUT2D eigenvalue weighted by atomic mass is 10.0. The van der Waals surface area contributed by atoms with Gasteiger partial charge in [-0.15, -0.1) is 11.8 Å². The molecule has 1 aliphatic heterocycles. The molecule has 0 radical (unpaired) electrons. The van der Waals surface area contributed by atoms with Crippen molar-refractivity contribution in [1.82, 2.24) is 5.32 Å². The van der Waals surface area contributed by atoms with Crippen LogP contribution in [0.1, 0.15) is 18.0 Å². The number of thioether (sulfide) groups is 1. The minimum absolute atomic E-state index is 0.0353. The maximum Gasteiger partial charge on any atom is 0.246 e. The summed E-state index contributed by atoms with van der Waals surface area (Å²) in [5.74, 6) is 1.19. The van der Waals surface area contributed by atoms with Crippen molar-refractivity contribution in [2.75, 3.05) is 25.6 Å². The van der Waals surface area contributed by atoms with Gasteiger partial charge in [-0.05, 0) is 42.3 Å². The summed E-state index contributed by atoms with van der Waals surface area (Å²) in [5.41, 5.74) is 0.844. The number of halogens is 1. The molecule has 0 fully saturated rings. The SMILES string of the molecule is O=C(COCCOc1ccccc1)N[C@@H]1CCSc2ccc(F)cc21. The molecule has 1 amide bonds. The Hall–Kier alpha value is -2.05. The second-order valence-corrected chi connectivity index (χ2v) is 6.79. The lowest BCUT2D eigenvalue weighted by Gasteiger charge is -2.26. The Morgan fingerprint density at radius 1 is 1.20 bits per heavy atom. The summed E-state index contributed by atoms with van der Waals surface area (Å²) in [6, 6.07) is 14.0. The third-order valence-electron chi connectivity index (χ3n) is 3.82. The molecule has 1 N–H and O–H groups in total. The van der Waals surface area contributed by atoms with E-state index in [9.17, 15) is 9.18 Å². The zero-order valence-electron chi connectivity index (χ0n) is 13.7. The molecule has 1 aliphatic rings. The third-order valence-corrected chi connectivity index (χ3v) is 4.94. The van der Waals surface area contributed by atoms with E-state index in [-0.39, 0.29) is 24.4 Å². The number of para-hydroxylation sites is 1. The van der Waals surface area contributed by atoms with Crippen LogP contribution in [-0.4, -0.2) is 31.5 Å². The van der Waals surface area contributed by atoms with E-state index in [4.69, 9.17) is 9.47 Å². The summed E-state index contributed by atoms with van der Waals surface area (Å²) in [4.78, 5) is 13.1. The van der Waals surface area contributed by atoms with Crippen LogP contribution in [0.2, 0.25) is 0 Å². The summed E-state index contributed by atoms with van der Waals surface area (Å²) < 4.78 is 24.3. The minimum atomic E-state index is -0.283. The van der Waals surface area contributed by atoms with Crippen LogP contribution in [-0.2, 0) is 9.53 Å². The molecule has 3 rings (SSSR count). The smallest absolute Gasteiger partial charge is 0.246 e. The Morgan fingerprint density at radius 2 is 2.04 bits per heavy atom. The molecule has 0 saturated heterocycles. The van der Waals surface area contributed by atoms with Gasteiger partial charge in [0.1, 0.15) is 24.8 Å². The largest absolute Gasteiger partial charge is 0.491 e. The van der Waals surface area contributed by atoms with Crippen LogP contribution in [0.5, 0.6) is 5.75 Å². The number of amides is 1. The number of benzene rings is 2. The van der Waals surface area contributed by atoms with Gasteiger partial charge >= 0.3 is 0 Å². The Morgan fingerprint density at radius 3 is 2.88 bits per heavy atom. The van der Waals surface area contributed by atoms with E-state index in [0.717, 1.165) is 28.4 Å². The summed E-state index contributed by atoms with van der Waals surface area (Å²) in [7, 11) is 0. The van der Waals surface area contributed by atoms with Gasteiger partial charge in [0, 0.05) is 10.6 Å². The van der Waals surface area contributed by atoms with Crippen LogP contribution in [0.15, 0.2) is 53.4 Å². The van der Waals surface area contributed by atoms with Crippen molar-refractivity contribution in [3.63, 3.8) is 0 Å². The number of fused-ring (bicyclic) bond motifs is 1. The van der Waals surface area contributed by atoms with Crippen molar-refractivity contribution in [2.24, 2.45) is 0 Å². The molecule has 1 atom stereocenters. The van der Waals surface area contributed by atoms with Crippen molar-refractivity contribution in [3.05, 3.63) is 59.9 Å². The molecule has 2 aromatic carbocycles. The van der Waals surface area contributed by atoms with Crippen molar-refractivity contribution >= 4 is 17.7 Å². The van der Waals surface area contributed by atoms with Crippen molar-refractivity contribution < 1.29 is 18.7 Å². The van der Waals surface area contributed by atoms with Gasteiger partial charge in [0.15, 0.2) is 0 Å². The van der Waals surface area contributed by atoms with Crippen LogP contribution < -0.4 is 10.1 Å². The van der Waals surface area contributed by atoms with E-state index in [0.29, 0.717) is 13.2 Å². The first-order valence-electron chi connectivity index (χ1n) is 8.19. The Bertz CT molecular complexity index is 711. The fourth-order valence-electron chi connectivity index (χ4n) is 2.65. The van der Waals surface area contributed by atoms with Gasteiger partial charge in [-0.1, -0.05) is 18.2 Å². The van der Waals surface area contributed by atoms with E-state index in [2.05, 4.69) is 5.32 Å². The molecule has 0 unspecified atom stereocenters. The molecule has 0 aromatic heterocycles. The maximum atomic E-state index is 13.5. The van der Waals surface area contributed by atoms with Gasteiger partial charge in [0.05, 0.1) is 12.6 Å². The number of carbonyl (C=O) groups is 1. The maximum absolute atomic E-state index is 13.5. The van der Waals surface area contributed by atoms with Crippen LogP contribution in [0.25, 0.3) is 0 Å². The number of ether oxygens (including phenoxy) is 2. The first-order valence-corrected chi connectivity index (χ1v) is 9.18. The number of nitrogens with one attached hydrogen (secondary N) is 1. The zero-order chi connectivity index (χ0) is 17.5. The molecule has 6 heteroatoms. The zero-order valence-corrected chi connectivity index (χ0v) is 14.6. The highest BCUT2D eigenvalue weighted by molar-refractivity contribution is 7.99. The second kappa shape index (κ2) is 8.87. The number of carbonyl (C=O) groups excluding carboxylic acids is 1. The van der Waals surface area contributed by atoms with Gasteiger partial charge in [-0.3, -0.25) is 4.79 Å². The normalized spacial score (nSPS) is 16.1. The molecule has 132 valence electrons. The summed E-state index contributed by atoms with van der Waals surface area (Å²) in [5, 5.41) is 2.93. The first kappa shape index (κ1) is 17.8. The molecular weight excluding hydrogens is 341 g/mol. The van der Waals surface area contributed by atoms with Gasteiger partial charge in [0.2, 0.25) is 5.91 Å². The second-order valence-electron chi connectivity index (χ2n) is 5.65. The molecule has 1 heterocycles. The Labute approximate surface area is 150 Å². The summed E-state index contributed by atoms with van der Waals surface area (Å²) >= 11 is 1.68. The van der Waals surface area contributed by atoms with Gasteiger partial charge in [0.25, 0.3) is 0 Å². The molecule has 2 aromatic rings. The Kier molecular flexibility index (Phi) is 6.30. The molecule has 0 aliphatic carbocycles. The highest BCUT2D eigenvalue weighted by Gasteiger charge is 2.22. The van der Waals surface area contributed by atoms with Crippen LogP contribution in [0.4, 0.5) is 4.39 Å². The van der Waals surface area contributed by atoms with E-state index in [1.807, 2.05) is 30.3 Å². The predicted octanol–water partition coefficient (Wildman–Crippen LogP) is 3.57. The van der Waals surface area contributed by atoms with E-state index < -0.39 is 0 Å². The number of hydrogen-bond donors (Lipinski definition) is 1. The standard InChI is InChI=1S/C19H20FNO3S/c20-14-6-7-18-16(12-14)17(8-11-25-18)21-19(22)13-23-9-10-24-15-4-2-1-3-5-15/h1-7,12,17H,8-11,13H2,(H,21,22)/t17-/m1/s1. The fraction of sp³-hybridized carbons (Fsp3) is 0.316. The molecule has 4 nitrogen and oxygen atoms in total. The first-order chi connectivity index (χ1) is 12.2. The van der Waals surface area contributed by atoms with Gasteiger partial charge in [-0.2, -0.15) is 0 Å². The molecule has 0 saturated carbocycles. The topological polar surface area (TPSA) is 47.6 Å². The van der Waals surface area contributed by atoms with Crippen molar-refractivity contribution in [1.29, 1.82) is 0 Å². The van der Waals surface area contributed by atoms with E-state index in [1.54, 1.807) is 17.8 Å². The van der Waals surface area contributed by atoms with Crippen LogP contribution in [0, 0.1) is 5.82 Å². The highest BCUT2D eigenvalue weighted by Crippen LogP contribution is 2.36. The molecule has 0 bridgehead atoms. The number of hydrogen-bond acceptors (Lipinski definition) is 4. The summed E-state index contributed by atoms with van der Waals surface area (Å²) in [6.07, 6.45) is 0.782. The molecule has 0 spiro atoms. The average Bonchev–Trinajstić information content (AvgIpc) is 2.63. The lowest BCUT2D eigenvalue weighted by Crippen LogP contribution is -2.33. The fourth-order valence-corrected chi connectivity index (χ4v) is 3.76.